The molecule has 3 rings (SSSR count). The van der Waals surface area contributed by atoms with Gasteiger partial charge in [0.25, 0.3) is 5.91 Å². The zero-order valence-corrected chi connectivity index (χ0v) is 13.9. The van der Waals surface area contributed by atoms with E-state index in [9.17, 15) is 14.0 Å². The van der Waals surface area contributed by atoms with E-state index in [1.54, 1.807) is 48.3 Å². The quantitative estimate of drug-likeness (QED) is 0.724. The number of carbonyl (C=O) groups is 2. The summed E-state index contributed by atoms with van der Waals surface area (Å²) in [6, 6.07) is 10.0. The zero-order valence-electron chi connectivity index (χ0n) is 13.2. The predicted octanol–water partition coefficient (Wildman–Crippen LogP) is 3.70. The highest BCUT2D eigenvalue weighted by Crippen LogP contribution is 2.18. The molecule has 1 heterocycles. The van der Waals surface area contributed by atoms with Gasteiger partial charge < -0.3 is 9.88 Å². The molecule has 0 fully saturated rings. The molecule has 126 valence electrons. The van der Waals surface area contributed by atoms with Crippen LogP contribution in [0.5, 0.6) is 0 Å². The van der Waals surface area contributed by atoms with Crippen molar-refractivity contribution in [3.8, 4) is 0 Å². The molecule has 0 spiro atoms. The molecule has 7 heteroatoms. The van der Waals surface area contributed by atoms with Crippen molar-refractivity contribution in [3.63, 3.8) is 0 Å². The fourth-order valence-corrected chi connectivity index (χ4v) is 2.46. The van der Waals surface area contributed by atoms with E-state index in [1.165, 1.54) is 12.1 Å². The van der Waals surface area contributed by atoms with Gasteiger partial charge in [-0.1, -0.05) is 11.6 Å². The molecule has 2 aromatic carbocycles. The fraction of sp³-hybridized carbons (Fsp3) is 0.0556. The van der Waals surface area contributed by atoms with Crippen LogP contribution in [0.1, 0.15) is 26.5 Å². The van der Waals surface area contributed by atoms with E-state index in [0.29, 0.717) is 17.1 Å². The van der Waals surface area contributed by atoms with Crippen molar-refractivity contribution in [2.75, 3.05) is 5.32 Å². The van der Waals surface area contributed by atoms with Crippen molar-refractivity contribution in [1.82, 2.24) is 9.55 Å². The highest BCUT2D eigenvalue weighted by atomic mass is 35.5. The molecular weight excluding hydrogens is 345 g/mol. The lowest BCUT2D eigenvalue weighted by Crippen LogP contribution is -2.14. The molecule has 1 amide bonds. The number of anilines is 1. The van der Waals surface area contributed by atoms with E-state index in [0.717, 1.165) is 6.07 Å². The first kappa shape index (κ1) is 16.9. The molecule has 0 saturated heterocycles. The van der Waals surface area contributed by atoms with Gasteiger partial charge in [-0.25, -0.2) is 9.37 Å². The third-order valence-electron chi connectivity index (χ3n) is 3.60. The van der Waals surface area contributed by atoms with Crippen molar-refractivity contribution >= 4 is 29.0 Å². The van der Waals surface area contributed by atoms with Crippen LogP contribution >= 0.6 is 11.6 Å². The second-order valence-corrected chi connectivity index (χ2v) is 5.78. The lowest BCUT2D eigenvalue weighted by Gasteiger charge is -2.07. The SMILES string of the molecule is Cn1ccnc1C(=O)c1ccc(NC(=O)c2cc(Cl)ccc2F)cc1. The molecule has 1 aromatic heterocycles. The molecule has 0 aliphatic heterocycles. The maximum absolute atomic E-state index is 13.7. The lowest BCUT2D eigenvalue weighted by atomic mass is 10.1. The maximum Gasteiger partial charge on any atom is 0.258 e. The van der Waals surface area contributed by atoms with E-state index in [2.05, 4.69) is 10.3 Å². The van der Waals surface area contributed by atoms with Crippen LogP contribution in [0.2, 0.25) is 5.02 Å². The van der Waals surface area contributed by atoms with Gasteiger partial charge in [-0.3, -0.25) is 9.59 Å². The Morgan fingerprint density at radius 3 is 2.52 bits per heavy atom. The van der Waals surface area contributed by atoms with Crippen molar-refractivity contribution < 1.29 is 14.0 Å². The number of imidazole rings is 1. The number of hydrogen-bond donors (Lipinski definition) is 1. The minimum Gasteiger partial charge on any atom is -0.331 e. The number of carbonyl (C=O) groups excluding carboxylic acids is 2. The van der Waals surface area contributed by atoms with E-state index < -0.39 is 11.7 Å². The van der Waals surface area contributed by atoms with E-state index >= 15 is 0 Å². The summed E-state index contributed by atoms with van der Waals surface area (Å²) in [5.41, 5.74) is 0.711. The second kappa shape index (κ2) is 6.86. The monoisotopic (exact) mass is 357 g/mol. The first-order valence-corrected chi connectivity index (χ1v) is 7.72. The summed E-state index contributed by atoms with van der Waals surface area (Å²) < 4.78 is 15.3. The van der Waals surface area contributed by atoms with Gasteiger partial charge in [-0.15, -0.1) is 0 Å². The third-order valence-corrected chi connectivity index (χ3v) is 3.84. The molecule has 0 aliphatic carbocycles. The number of aryl methyl sites for hydroxylation is 1. The second-order valence-electron chi connectivity index (χ2n) is 5.35. The van der Waals surface area contributed by atoms with Crippen molar-refractivity contribution in [3.05, 3.63) is 82.6 Å². The highest BCUT2D eigenvalue weighted by molar-refractivity contribution is 6.31. The number of rotatable bonds is 4. The van der Waals surface area contributed by atoms with Crippen LogP contribution in [0.3, 0.4) is 0 Å². The van der Waals surface area contributed by atoms with Gasteiger partial charge in [0, 0.05) is 35.7 Å². The Balaban J connectivity index is 1.77. The van der Waals surface area contributed by atoms with E-state index in [1.807, 2.05) is 0 Å². The fourth-order valence-electron chi connectivity index (χ4n) is 2.29. The molecule has 25 heavy (non-hydrogen) atoms. The van der Waals surface area contributed by atoms with Crippen LogP contribution in [0.15, 0.2) is 54.9 Å². The number of benzene rings is 2. The molecule has 0 aliphatic rings. The number of ketones is 1. The first-order chi connectivity index (χ1) is 12.0. The van der Waals surface area contributed by atoms with Gasteiger partial charge in [-0.05, 0) is 42.5 Å². The van der Waals surface area contributed by atoms with Gasteiger partial charge >= 0.3 is 0 Å². The van der Waals surface area contributed by atoms with Gasteiger partial charge in [-0.2, -0.15) is 0 Å². The van der Waals surface area contributed by atoms with Crippen molar-refractivity contribution in [2.24, 2.45) is 7.05 Å². The zero-order chi connectivity index (χ0) is 18.0. The largest absolute Gasteiger partial charge is 0.331 e. The topological polar surface area (TPSA) is 64.0 Å². The third kappa shape index (κ3) is 3.59. The Kier molecular flexibility index (Phi) is 4.63. The van der Waals surface area contributed by atoms with E-state index in [-0.39, 0.29) is 16.4 Å². The normalized spacial score (nSPS) is 10.5. The summed E-state index contributed by atoms with van der Waals surface area (Å²) in [4.78, 5) is 28.5. The summed E-state index contributed by atoms with van der Waals surface area (Å²) in [6.07, 6.45) is 3.22. The van der Waals surface area contributed by atoms with Crippen LogP contribution in [0.25, 0.3) is 0 Å². The number of hydrogen-bond acceptors (Lipinski definition) is 3. The molecule has 0 atom stereocenters. The summed E-state index contributed by atoms with van der Waals surface area (Å²) in [5.74, 6) is -1.20. The van der Waals surface area contributed by atoms with Crippen LogP contribution in [0, 0.1) is 5.82 Å². The van der Waals surface area contributed by atoms with Crippen LogP contribution < -0.4 is 5.32 Å². The number of nitrogens with one attached hydrogen (secondary N) is 1. The van der Waals surface area contributed by atoms with Crippen molar-refractivity contribution in [1.29, 1.82) is 0 Å². The smallest absolute Gasteiger partial charge is 0.258 e. The maximum atomic E-state index is 13.7. The standard InChI is InChI=1S/C18H13ClFN3O2/c1-23-9-8-21-17(23)16(24)11-2-5-13(6-3-11)22-18(25)14-10-12(19)4-7-15(14)20/h2-10H,1H3,(H,22,25). The Morgan fingerprint density at radius 2 is 1.88 bits per heavy atom. The van der Waals surface area contributed by atoms with Crippen LogP contribution in [-0.2, 0) is 7.05 Å². The number of nitrogens with zero attached hydrogens (tertiary/aromatic N) is 2. The molecule has 3 aromatic rings. The van der Waals surface area contributed by atoms with Crippen molar-refractivity contribution in [2.45, 2.75) is 0 Å². The summed E-state index contributed by atoms with van der Waals surface area (Å²) in [6.45, 7) is 0. The molecular formula is C18H13ClFN3O2. The Hall–Kier alpha value is -2.99. The van der Waals surface area contributed by atoms with E-state index in [4.69, 9.17) is 11.6 Å². The first-order valence-electron chi connectivity index (χ1n) is 7.34. The minimum absolute atomic E-state index is 0.152. The Morgan fingerprint density at radius 1 is 1.16 bits per heavy atom. The van der Waals surface area contributed by atoms with Crippen LogP contribution in [0.4, 0.5) is 10.1 Å². The minimum atomic E-state index is -0.663. The number of halogens is 2. The average molecular weight is 358 g/mol. The molecule has 5 nitrogen and oxygen atoms in total. The summed E-state index contributed by atoms with van der Waals surface area (Å²) in [7, 11) is 1.73. The average Bonchev–Trinajstić information content (AvgIpc) is 3.03. The van der Waals surface area contributed by atoms with Gasteiger partial charge in [0.1, 0.15) is 5.82 Å². The molecule has 0 radical (unpaired) electrons. The lowest BCUT2D eigenvalue weighted by molar-refractivity contribution is 0.101. The molecule has 0 unspecified atom stereocenters. The van der Waals surface area contributed by atoms with Gasteiger partial charge in [0.2, 0.25) is 5.78 Å². The summed E-state index contributed by atoms with van der Waals surface area (Å²) >= 11 is 5.79. The number of aromatic nitrogens is 2. The summed E-state index contributed by atoms with van der Waals surface area (Å²) in [5, 5.41) is 2.84. The highest BCUT2D eigenvalue weighted by Gasteiger charge is 2.15. The van der Waals surface area contributed by atoms with Gasteiger partial charge in [0.15, 0.2) is 5.82 Å². The molecule has 0 bridgehead atoms. The number of amides is 1. The predicted molar refractivity (Wildman–Crippen MR) is 92.4 cm³/mol. The molecule has 0 saturated carbocycles. The molecule has 1 N–H and O–H groups in total. The van der Waals surface area contributed by atoms with Gasteiger partial charge in [0.05, 0.1) is 5.56 Å². The Bertz CT molecular complexity index is 951. The Labute approximate surface area is 148 Å². The van der Waals surface area contributed by atoms with Crippen LogP contribution in [-0.4, -0.2) is 21.2 Å².